The quantitative estimate of drug-likeness (QED) is 0.517. The van der Waals surface area contributed by atoms with Crippen molar-refractivity contribution in [3.63, 3.8) is 0 Å². The number of hydrogen-bond acceptors (Lipinski definition) is 4. The molecular weight excluding hydrogens is 398 g/mol. The Labute approximate surface area is 184 Å². The molecule has 0 unspecified atom stereocenters. The Bertz CT molecular complexity index is 866. The molecule has 1 aromatic heterocycles. The van der Waals surface area contributed by atoms with Crippen molar-refractivity contribution < 1.29 is 4.79 Å². The summed E-state index contributed by atoms with van der Waals surface area (Å²) in [5.74, 6) is -0.102. The first kappa shape index (κ1) is 22.5. The van der Waals surface area contributed by atoms with Gasteiger partial charge in [0.05, 0.1) is 12.2 Å². The molecule has 2 aromatic rings. The molecular formula is C23H32ClN5O. The number of benzene rings is 1. The van der Waals surface area contributed by atoms with Crippen LogP contribution in [0.15, 0.2) is 30.3 Å². The highest BCUT2D eigenvalue weighted by molar-refractivity contribution is 6.31. The maximum Gasteiger partial charge on any atom is 0.244 e. The lowest BCUT2D eigenvalue weighted by atomic mass is 10.1. The summed E-state index contributed by atoms with van der Waals surface area (Å²) in [6.07, 6.45) is 4.26. The molecule has 1 fully saturated rings. The van der Waals surface area contributed by atoms with Crippen molar-refractivity contribution >= 4 is 23.6 Å². The van der Waals surface area contributed by atoms with Gasteiger partial charge in [-0.25, -0.2) is 4.68 Å². The van der Waals surface area contributed by atoms with Gasteiger partial charge in [0, 0.05) is 44.4 Å². The van der Waals surface area contributed by atoms with Crippen LogP contribution in [-0.4, -0.2) is 71.8 Å². The Morgan fingerprint density at radius 1 is 1.17 bits per heavy atom. The zero-order chi connectivity index (χ0) is 21.5. The minimum atomic E-state index is -0.102. The number of carbonyl (C=O) groups excluding carboxylic acids is 1. The zero-order valence-corrected chi connectivity index (χ0v) is 19.0. The van der Waals surface area contributed by atoms with Crippen molar-refractivity contribution in [3.8, 4) is 0 Å². The van der Waals surface area contributed by atoms with E-state index in [1.165, 1.54) is 5.56 Å². The maximum atomic E-state index is 12.2. The number of amides is 1. The number of aromatic nitrogens is 2. The van der Waals surface area contributed by atoms with E-state index < -0.39 is 0 Å². The predicted octanol–water partition coefficient (Wildman–Crippen LogP) is 2.97. The molecule has 0 spiro atoms. The summed E-state index contributed by atoms with van der Waals surface area (Å²) >= 11 is 6.53. The molecule has 0 saturated carbocycles. The third-order valence-electron chi connectivity index (χ3n) is 5.51. The molecule has 1 saturated heterocycles. The molecule has 2 heterocycles. The van der Waals surface area contributed by atoms with E-state index in [0.717, 1.165) is 56.0 Å². The summed E-state index contributed by atoms with van der Waals surface area (Å²) in [6.45, 7) is 10.7. The predicted molar refractivity (Wildman–Crippen MR) is 123 cm³/mol. The summed E-state index contributed by atoms with van der Waals surface area (Å²) in [7, 11) is 2.16. The van der Waals surface area contributed by atoms with Gasteiger partial charge in [-0.1, -0.05) is 41.4 Å². The third kappa shape index (κ3) is 6.42. The van der Waals surface area contributed by atoms with Crippen molar-refractivity contribution in [2.75, 3.05) is 46.3 Å². The maximum absolute atomic E-state index is 12.2. The van der Waals surface area contributed by atoms with Crippen LogP contribution in [0, 0.1) is 13.8 Å². The molecule has 1 N–H and O–H groups in total. The van der Waals surface area contributed by atoms with E-state index in [-0.39, 0.29) is 5.91 Å². The normalized spacial score (nSPS) is 15.7. The second-order valence-corrected chi connectivity index (χ2v) is 8.41. The topological polar surface area (TPSA) is 53.4 Å². The Morgan fingerprint density at radius 3 is 2.57 bits per heavy atom. The van der Waals surface area contributed by atoms with Gasteiger partial charge in [-0.2, -0.15) is 5.10 Å². The van der Waals surface area contributed by atoms with E-state index in [0.29, 0.717) is 18.2 Å². The van der Waals surface area contributed by atoms with E-state index in [9.17, 15) is 4.79 Å². The van der Waals surface area contributed by atoms with Gasteiger partial charge in [0.2, 0.25) is 5.91 Å². The number of nitrogens with one attached hydrogen (secondary N) is 1. The van der Waals surface area contributed by atoms with Crippen LogP contribution in [0.5, 0.6) is 0 Å². The van der Waals surface area contributed by atoms with Crippen molar-refractivity contribution in [2.45, 2.75) is 26.8 Å². The molecule has 0 aliphatic carbocycles. The average molecular weight is 430 g/mol. The lowest BCUT2D eigenvalue weighted by Crippen LogP contribution is -2.45. The highest BCUT2D eigenvalue weighted by Gasteiger charge is 2.13. The number of piperazine rings is 1. The highest BCUT2D eigenvalue weighted by atomic mass is 35.5. The molecule has 0 bridgehead atoms. The SMILES string of the molecule is Cc1ccc(Cn2nc(C)c(C=CC(=O)NCCCN3CCN(C)CC3)c2Cl)cc1. The van der Waals surface area contributed by atoms with Crippen LogP contribution >= 0.6 is 11.6 Å². The lowest BCUT2D eigenvalue weighted by molar-refractivity contribution is -0.116. The van der Waals surface area contributed by atoms with E-state index in [1.54, 1.807) is 16.8 Å². The summed E-state index contributed by atoms with van der Waals surface area (Å²) in [5.41, 5.74) is 3.96. The second kappa shape index (κ2) is 10.8. The summed E-state index contributed by atoms with van der Waals surface area (Å²) in [4.78, 5) is 17.0. The molecule has 162 valence electrons. The van der Waals surface area contributed by atoms with Crippen molar-refractivity contribution in [1.82, 2.24) is 24.9 Å². The molecule has 3 rings (SSSR count). The number of halogens is 1. The fourth-order valence-corrected chi connectivity index (χ4v) is 3.83. The Hall–Kier alpha value is -2.15. The monoisotopic (exact) mass is 429 g/mol. The summed E-state index contributed by atoms with van der Waals surface area (Å²) in [5, 5.41) is 8.04. The smallest absolute Gasteiger partial charge is 0.244 e. The third-order valence-corrected chi connectivity index (χ3v) is 5.91. The minimum Gasteiger partial charge on any atom is -0.353 e. The first-order chi connectivity index (χ1) is 14.4. The second-order valence-electron chi connectivity index (χ2n) is 8.06. The van der Waals surface area contributed by atoms with Crippen LogP contribution < -0.4 is 5.32 Å². The summed E-state index contributed by atoms with van der Waals surface area (Å²) < 4.78 is 1.77. The van der Waals surface area contributed by atoms with E-state index in [2.05, 4.69) is 58.5 Å². The fraction of sp³-hybridized carbons (Fsp3) is 0.478. The van der Waals surface area contributed by atoms with E-state index in [1.807, 2.05) is 6.92 Å². The van der Waals surface area contributed by atoms with Gasteiger partial charge < -0.3 is 15.1 Å². The van der Waals surface area contributed by atoms with Crippen molar-refractivity contribution in [1.29, 1.82) is 0 Å². The van der Waals surface area contributed by atoms with Gasteiger partial charge in [0.1, 0.15) is 5.15 Å². The van der Waals surface area contributed by atoms with E-state index in [4.69, 9.17) is 11.6 Å². The largest absolute Gasteiger partial charge is 0.353 e. The molecule has 1 aliphatic heterocycles. The van der Waals surface area contributed by atoms with Crippen molar-refractivity contribution in [2.24, 2.45) is 0 Å². The van der Waals surface area contributed by atoms with Gasteiger partial charge in [-0.3, -0.25) is 4.79 Å². The van der Waals surface area contributed by atoms with Crippen LogP contribution in [0.4, 0.5) is 0 Å². The van der Waals surface area contributed by atoms with Crippen LogP contribution in [0.3, 0.4) is 0 Å². The van der Waals surface area contributed by atoms with Crippen LogP contribution in [0.1, 0.15) is 28.8 Å². The first-order valence-electron chi connectivity index (χ1n) is 10.6. The number of rotatable bonds is 8. The molecule has 1 aromatic carbocycles. The van der Waals surface area contributed by atoms with Crippen molar-refractivity contribution in [3.05, 3.63) is 57.9 Å². The minimum absolute atomic E-state index is 0.102. The summed E-state index contributed by atoms with van der Waals surface area (Å²) in [6, 6.07) is 8.31. The number of hydrogen-bond donors (Lipinski definition) is 1. The zero-order valence-electron chi connectivity index (χ0n) is 18.2. The Kier molecular flexibility index (Phi) is 8.08. The standard InChI is InChI=1S/C23H32ClN5O/c1-18-5-7-20(8-6-18)17-29-23(24)21(19(2)26-29)9-10-22(30)25-11-4-12-28-15-13-27(3)14-16-28/h5-10H,4,11-17H2,1-3H3,(H,25,30). The molecule has 1 aliphatic rings. The van der Waals surface area contributed by atoms with Gasteiger partial charge in [0.25, 0.3) is 0 Å². The number of aryl methyl sites for hydroxylation is 2. The van der Waals surface area contributed by atoms with Gasteiger partial charge in [-0.05, 0) is 45.5 Å². The number of likely N-dealkylation sites (N-methyl/N-ethyl adjacent to an activating group) is 1. The Balaban J connectivity index is 1.47. The van der Waals surface area contributed by atoms with Gasteiger partial charge in [0.15, 0.2) is 0 Å². The lowest BCUT2D eigenvalue weighted by Gasteiger charge is -2.32. The average Bonchev–Trinajstić information content (AvgIpc) is 2.99. The number of carbonyl (C=O) groups is 1. The molecule has 0 radical (unpaired) electrons. The van der Waals surface area contributed by atoms with Crippen LogP contribution in [0.2, 0.25) is 5.15 Å². The highest BCUT2D eigenvalue weighted by Crippen LogP contribution is 2.22. The molecule has 0 atom stereocenters. The molecule has 30 heavy (non-hydrogen) atoms. The number of nitrogens with zero attached hydrogens (tertiary/aromatic N) is 4. The van der Waals surface area contributed by atoms with E-state index >= 15 is 0 Å². The van der Waals surface area contributed by atoms with Gasteiger partial charge >= 0.3 is 0 Å². The van der Waals surface area contributed by atoms with Crippen LogP contribution in [-0.2, 0) is 11.3 Å². The Morgan fingerprint density at radius 2 is 1.87 bits per heavy atom. The molecule has 1 amide bonds. The fourth-order valence-electron chi connectivity index (χ4n) is 3.53. The first-order valence-corrected chi connectivity index (χ1v) is 11.0. The molecule has 6 nitrogen and oxygen atoms in total. The molecule has 7 heteroatoms. The van der Waals surface area contributed by atoms with Crippen LogP contribution in [0.25, 0.3) is 6.08 Å². The van der Waals surface area contributed by atoms with Gasteiger partial charge in [-0.15, -0.1) is 0 Å².